The van der Waals surface area contributed by atoms with Gasteiger partial charge in [0.1, 0.15) is 0 Å². The van der Waals surface area contributed by atoms with Crippen molar-refractivity contribution in [3.05, 3.63) is 40.4 Å². The van der Waals surface area contributed by atoms with Crippen molar-refractivity contribution >= 4 is 21.6 Å². The molecule has 0 saturated heterocycles. The molecule has 0 saturated carbocycles. The van der Waals surface area contributed by atoms with Gasteiger partial charge in [-0.05, 0) is 59.7 Å². The molecule has 1 N–H and O–H groups in total. The van der Waals surface area contributed by atoms with E-state index in [-0.39, 0.29) is 0 Å². The second kappa shape index (κ2) is 5.53. The van der Waals surface area contributed by atoms with Crippen LogP contribution < -0.4 is 5.32 Å². The molecule has 0 fully saturated rings. The standard InChI is InChI=1S/C14H18BrN/c1-11-6-5-9-13(14(11)15)16-10-12-7-3-2-4-8-12/h2-3,5-6,9,12,16H,4,7-8,10H2,1H3. The predicted octanol–water partition coefficient (Wildman–Crippen LogP) is 4.53. The smallest absolute Gasteiger partial charge is 0.0487 e. The summed E-state index contributed by atoms with van der Waals surface area (Å²) in [4.78, 5) is 0. The van der Waals surface area contributed by atoms with Crippen molar-refractivity contribution in [2.45, 2.75) is 26.2 Å². The Labute approximate surface area is 106 Å². The highest BCUT2D eigenvalue weighted by atomic mass is 79.9. The first kappa shape index (κ1) is 11.7. The monoisotopic (exact) mass is 279 g/mol. The lowest BCUT2D eigenvalue weighted by Gasteiger charge is -2.19. The molecule has 1 unspecified atom stereocenters. The van der Waals surface area contributed by atoms with E-state index < -0.39 is 0 Å². The van der Waals surface area contributed by atoms with E-state index in [0.717, 1.165) is 12.5 Å². The molecule has 86 valence electrons. The molecule has 0 bridgehead atoms. The molecule has 1 nitrogen and oxygen atoms in total. The van der Waals surface area contributed by atoms with Crippen LogP contribution in [0, 0.1) is 12.8 Å². The van der Waals surface area contributed by atoms with Crippen LogP contribution in [0.2, 0.25) is 0 Å². The first-order valence-electron chi connectivity index (χ1n) is 5.91. The lowest BCUT2D eigenvalue weighted by molar-refractivity contribution is 0.504. The fraction of sp³-hybridized carbons (Fsp3) is 0.429. The minimum Gasteiger partial charge on any atom is -0.384 e. The van der Waals surface area contributed by atoms with Crippen LogP contribution in [-0.2, 0) is 0 Å². The largest absolute Gasteiger partial charge is 0.384 e. The molecule has 1 aliphatic rings. The zero-order chi connectivity index (χ0) is 11.4. The Morgan fingerprint density at radius 3 is 3.00 bits per heavy atom. The first-order chi connectivity index (χ1) is 7.77. The van der Waals surface area contributed by atoms with E-state index in [4.69, 9.17) is 0 Å². The van der Waals surface area contributed by atoms with Crippen molar-refractivity contribution < 1.29 is 0 Å². The summed E-state index contributed by atoms with van der Waals surface area (Å²) < 4.78 is 1.20. The number of benzene rings is 1. The molecule has 1 aliphatic carbocycles. The Morgan fingerprint density at radius 2 is 2.25 bits per heavy atom. The second-order valence-electron chi connectivity index (χ2n) is 4.47. The number of hydrogen-bond acceptors (Lipinski definition) is 1. The highest BCUT2D eigenvalue weighted by Gasteiger charge is 2.10. The summed E-state index contributed by atoms with van der Waals surface area (Å²) >= 11 is 3.63. The van der Waals surface area contributed by atoms with Crippen LogP contribution in [0.25, 0.3) is 0 Å². The fourth-order valence-corrected chi connectivity index (χ4v) is 2.48. The molecule has 1 atom stereocenters. The quantitative estimate of drug-likeness (QED) is 0.802. The van der Waals surface area contributed by atoms with E-state index >= 15 is 0 Å². The number of aryl methyl sites for hydroxylation is 1. The Kier molecular flexibility index (Phi) is 4.05. The average Bonchev–Trinajstić information content (AvgIpc) is 2.32. The number of rotatable bonds is 3. The predicted molar refractivity (Wildman–Crippen MR) is 73.8 cm³/mol. The van der Waals surface area contributed by atoms with E-state index in [1.807, 2.05) is 0 Å². The number of anilines is 1. The highest BCUT2D eigenvalue weighted by molar-refractivity contribution is 9.10. The molecule has 1 aromatic rings. The molecule has 0 heterocycles. The molecule has 0 amide bonds. The summed E-state index contributed by atoms with van der Waals surface area (Å²) in [6.45, 7) is 3.20. The van der Waals surface area contributed by atoms with Crippen LogP contribution >= 0.6 is 15.9 Å². The molecular formula is C14H18BrN. The van der Waals surface area contributed by atoms with Crippen molar-refractivity contribution in [3.8, 4) is 0 Å². The third-order valence-corrected chi connectivity index (χ3v) is 4.20. The van der Waals surface area contributed by atoms with E-state index in [0.29, 0.717) is 0 Å². The summed E-state index contributed by atoms with van der Waals surface area (Å²) in [6.07, 6.45) is 8.37. The van der Waals surface area contributed by atoms with E-state index in [2.05, 4.69) is 58.5 Å². The Bertz CT molecular complexity index is 384. The third-order valence-electron chi connectivity index (χ3n) is 3.15. The van der Waals surface area contributed by atoms with Crippen LogP contribution in [-0.4, -0.2) is 6.54 Å². The van der Waals surface area contributed by atoms with E-state index in [1.165, 1.54) is 35.0 Å². The Balaban J connectivity index is 1.94. The molecular weight excluding hydrogens is 262 g/mol. The van der Waals surface area contributed by atoms with E-state index in [1.54, 1.807) is 0 Å². The fourth-order valence-electron chi connectivity index (χ4n) is 2.08. The number of allylic oxidation sites excluding steroid dienone is 2. The molecule has 1 aromatic carbocycles. The van der Waals surface area contributed by atoms with Crippen molar-refractivity contribution in [2.24, 2.45) is 5.92 Å². The van der Waals surface area contributed by atoms with Gasteiger partial charge in [0, 0.05) is 16.7 Å². The van der Waals surface area contributed by atoms with Gasteiger partial charge in [0.15, 0.2) is 0 Å². The minimum absolute atomic E-state index is 0.789. The maximum Gasteiger partial charge on any atom is 0.0487 e. The van der Waals surface area contributed by atoms with Gasteiger partial charge in [0.05, 0.1) is 0 Å². The molecule has 0 aromatic heterocycles. The Morgan fingerprint density at radius 1 is 1.38 bits per heavy atom. The molecule has 0 aliphatic heterocycles. The molecule has 0 spiro atoms. The summed E-state index contributed by atoms with van der Waals surface area (Å²) in [5.74, 6) is 0.789. The van der Waals surface area contributed by atoms with Crippen molar-refractivity contribution in [1.82, 2.24) is 0 Å². The van der Waals surface area contributed by atoms with Crippen LogP contribution in [0.1, 0.15) is 24.8 Å². The molecule has 2 heteroatoms. The maximum absolute atomic E-state index is 3.63. The minimum atomic E-state index is 0.789. The normalized spacial score (nSPS) is 19.8. The molecule has 16 heavy (non-hydrogen) atoms. The number of hydrogen-bond donors (Lipinski definition) is 1. The van der Waals surface area contributed by atoms with Gasteiger partial charge in [-0.2, -0.15) is 0 Å². The van der Waals surface area contributed by atoms with Gasteiger partial charge in [0.25, 0.3) is 0 Å². The topological polar surface area (TPSA) is 12.0 Å². The maximum atomic E-state index is 3.63. The van der Waals surface area contributed by atoms with Gasteiger partial charge in [-0.1, -0.05) is 24.3 Å². The summed E-state index contributed by atoms with van der Waals surface area (Å²) in [5, 5.41) is 3.54. The van der Waals surface area contributed by atoms with Crippen LogP contribution in [0.4, 0.5) is 5.69 Å². The molecule has 0 radical (unpaired) electrons. The van der Waals surface area contributed by atoms with E-state index in [9.17, 15) is 0 Å². The van der Waals surface area contributed by atoms with Gasteiger partial charge < -0.3 is 5.32 Å². The first-order valence-corrected chi connectivity index (χ1v) is 6.70. The zero-order valence-corrected chi connectivity index (χ0v) is 11.3. The van der Waals surface area contributed by atoms with Gasteiger partial charge >= 0.3 is 0 Å². The number of nitrogens with one attached hydrogen (secondary N) is 1. The zero-order valence-electron chi connectivity index (χ0n) is 9.67. The van der Waals surface area contributed by atoms with Crippen LogP contribution in [0.3, 0.4) is 0 Å². The summed E-state index contributed by atoms with van der Waals surface area (Å²) in [6, 6.07) is 6.36. The molecule has 2 rings (SSSR count). The third kappa shape index (κ3) is 2.88. The second-order valence-corrected chi connectivity index (χ2v) is 5.26. The SMILES string of the molecule is Cc1cccc(NCC2CC=CCC2)c1Br. The van der Waals surface area contributed by atoms with Crippen molar-refractivity contribution in [2.75, 3.05) is 11.9 Å². The van der Waals surface area contributed by atoms with Gasteiger partial charge in [0.2, 0.25) is 0 Å². The lowest BCUT2D eigenvalue weighted by Crippen LogP contribution is -2.15. The van der Waals surface area contributed by atoms with Gasteiger partial charge in [-0.3, -0.25) is 0 Å². The summed E-state index contributed by atoms with van der Waals surface area (Å²) in [5.41, 5.74) is 2.50. The van der Waals surface area contributed by atoms with Crippen molar-refractivity contribution in [3.63, 3.8) is 0 Å². The Hall–Kier alpha value is -0.760. The van der Waals surface area contributed by atoms with Crippen LogP contribution in [0.15, 0.2) is 34.8 Å². The van der Waals surface area contributed by atoms with Crippen molar-refractivity contribution in [1.29, 1.82) is 0 Å². The highest BCUT2D eigenvalue weighted by Crippen LogP contribution is 2.27. The lowest BCUT2D eigenvalue weighted by atomic mass is 9.94. The van der Waals surface area contributed by atoms with Gasteiger partial charge in [-0.15, -0.1) is 0 Å². The average molecular weight is 280 g/mol. The van der Waals surface area contributed by atoms with Crippen LogP contribution in [0.5, 0.6) is 0 Å². The summed E-state index contributed by atoms with van der Waals surface area (Å²) in [7, 11) is 0. The number of halogens is 1. The van der Waals surface area contributed by atoms with Gasteiger partial charge in [-0.25, -0.2) is 0 Å².